The number of aryl methyl sites for hydroxylation is 1. The van der Waals surface area contributed by atoms with Crippen LogP contribution in [0.5, 0.6) is 0 Å². The van der Waals surface area contributed by atoms with Gasteiger partial charge in [0.1, 0.15) is 11.4 Å². The van der Waals surface area contributed by atoms with Crippen molar-refractivity contribution < 1.29 is 9.53 Å². The van der Waals surface area contributed by atoms with E-state index < -0.39 is 5.60 Å². The summed E-state index contributed by atoms with van der Waals surface area (Å²) in [5.41, 5.74) is -0.237. The molecular weight excluding hydrogens is 332 g/mol. The second-order valence-corrected chi connectivity index (χ2v) is 7.24. The van der Waals surface area contributed by atoms with Crippen molar-refractivity contribution in [3.8, 4) is 5.69 Å². The van der Waals surface area contributed by atoms with Crippen LogP contribution in [-0.4, -0.2) is 51.0 Å². The lowest BCUT2D eigenvalue weighted by Gasteiger charge is -2.36. The van der Waals surface area contributed by atoms with Crippen LogP contribution in [0.3, 0.4) is 0 Å². The van der Waals surface area contributed by atoms with Crippen molar-refractivity contribution >= 4 is 5.91 Å². The van der Waals surface area contributed by atoms with Crippen LogP contribution < -0.4 is 5.69 Å². The van der Waals surface area contributed by atoms with Gasteiger partial charge in [-0.2, -0.15) is 5.10 Å². The highest BCUT2D eigenvalue weighted by Crippen LogP contribution is 2.28. The summed E-state index contributed by atoms with van der Waals surface area (Å²) in [5, 5.41) is 4.48. The molecule has 0 saturated carbocycles. The van der Waals surface area contributed by atoms with E-state index in [4.69, 9.17) is 4.74 Å². The first-order chi connectivity index (χ1) is 12.3. The molecule has 0 aliphatic carbocycles. The van der Waals surface area contributed by atoms with Gasteiger partial charge in [0.25, 0.3) is 5.91 Å². The van der Waals surface area contributed by atoms with Gasteiger partial charge in [-0.3, -0.25) is 4.79 Å². The van der Waals surface area contributed by atoms with Gasteiger partial charge in [0, 0.05) is 33.2 Å². The van der Waals surface area contributed by atoms with E-state index in [1.165, 1.54) is 4.68 Å². The summed E-state index contributed by atoms with van der Waals surface area (Å²) in [5.74, 6) is 0.681. The number of para-hydroxylation sites is 1. The zero-order chi connectivity index (χ0) is 18.9. The molecule has 0 N–H and O–H groups in total. The van der Waals surface area contributed by atoms with Crippen molar-refractivity contribution in [2.45, 2.75) is 38.2 Å². The quantitative estimate of drug-likeness (QED) is 0.834. The van der Waals surface area contributed by atoms with Crippen molar-refractivity contribution in [2.75, 3.05) is 20.2 Å². The largest absolute Gasteiger partial charge is 0.369 e. The summed E-state index contributed by atoms with van der Waals surface area (Å²) in [4.78, 5) is 27.2. The second kappa shape index (κ2) is 7.07. The van der Waals surface area contributed by atoms with Gasteiger partial charge in [-0.15, -0.1) is 0 Å². The van der Waals surface area contributed by atoms with Gasteiger partial charge in [0.15, 0.2) is 0 Å². The highest BCUT2D eigenvalue weighted by atomic mass is 16.5. The molecule has 1 aliphatic heterocycles. The molecule has 1 aliphatic rings. The number of carbonyl (C=O) groups excluding carboxylic acids is 1. The Morgan fingerprint density at radius 1 is 1.27 bits per heavy atom. The van der Waals surface area contributed by atoms with Gasteiger partial charge in [-0.05, 0) is 38.8 Å². The lowest BCUT2D eigenvalue weighted by molar-refractivity contribution is -0.152. The molecule has 2 heterocycles. The van der Waals surface area contributed by atoms with Crippen molar-refractivity contribution in [1.82, 2.24) is 19.2 Å². The number of aromatic nitrogens is 3. The maximum absolute atomic E-state index is 12.8. The van der Waals surface area contributed by atoms with E-state index in [-0.39, 0.29) is 17.5 Å². The molecule has 0 spiro atoms. The molecule has 3 rings (SSSR count). The Morgan fingerprint density at radius 3 is 2.62 bits per heavy atom. The van der Waals surface area contributed by atoms with Gasteiger partial charge >= 0.3 is 5.69 Å². The number of piperidine rings is 1. The summed E-state index contributed by atoms with van der Waals surface area (Å²) < 4.78 is 8.36. The maximum atomic E-state index is 12.8. The lowest BCUT2D eigenvalue weighted by atomic mass is 9.95. The molecule has 1 aromatic carbocycles. The average molecular weight is 358 g/mol. The van der Waals surface area contributed by atoms with Crippen LogP contribution in [0.25, 0.3) is 5.69 Å². The SMILES string of the molecule is COC(C)(C)C(=O)N1CCC[C@H](c2nn(C)c(=O)n2-c2ccccc2)C1. The van der Waals surface area contributed by atoms with Crippen molar-refractivity contribution in [3.63, 3.8) is 0 Å². The van der Waals surface area contributed by atoms with Gasteiger partial charge in [-0.25, -0.2) is 14.0 Å². The first kappa shape index (κ1) is 18.4. The Kier molecular flexibility index (Phi) is 5.00. The third-order valence-electron chi connectivity index (χ3n) is 5.06. The normalized spacial score (nSPS) is 18.2. The molecule has 7 nitrogen and oxygen atoms in total. The molecule has 140 valence electrons. The smallest absolute Gasteiger partial charge is 0.350 e. The third kappa shape index (κ3) is 3.31. The van der Waals surface area contributed by atoms with Gasteiger partial charge in [0.2, 0.25) is 0 Å². The number of rotatable bonds is 4. The van der Waals surface area contributed by atoms with Crippen LogP contribution in [0.4, 0.5) is 0 Å². The first-order valence-electron chi connectivity index (χ1n) is 8.91. The van der Waals surface area contributed by atoms with Gasteiger partial charge in [-0.1, -0.05) is 18.2 Å². The lowest BCUT2D eigenvalue weighted by Crippen LogP contribution is -2.50. The van der Waals surface area contributed by atoms with E-state index in [0.717, 1.165) is 18.5 Å². The summed E-state index contributed by atoms with van der Waals surface area (Å²) in [7, 11) is 3.20. The molecule has 0 bridgehead atoms. The third-order valence-corrected chi connectivity index (χ3v) is 5.06. The number of likely N-dealkylation sites (tertiary alicyclic amines) is 1. The van der Waals surface area contributed by atoms with E-state index in [2.05, 4.69) is 5.10 Å². The summed E-state index contributed by atoms with van der Waals surface area (Å²) in [6, 6.07) is 9.50. The zero-order valence-corrected chi connectivity index (χ0v) is 15.8. The fraction of sp³-hybridized carbons (Fsp3) is 0.526. The predicted molar refractivity (Wildman–Crippen MR) is 98.4 cm³/mol. The second-order valence-electron chi connectivity index (χ2n) is 7.24. The molecule has 0 radical (unpaired) electrons. The van der Waals surface area contributed by atoms with Crippen molar-refractivity contribution in [1.29, 1.82) is 0 Å². The summed E-state index contributed by atoms with van der Waals surface area (Å²) >= 11 is 0. The number of nitrogens with zero attached hydrogens (tertiary/aromatic N) is 4. The Morgan fingerprint density at radius 2 is 1.96 bits per heavy atom. The average Bonchev–Trinajstić information content (AvgIpc) is 2.96. The summed E-state index contributed by atoms with van der Waals surface area (Å²) in [6.07, 6.45) is 1.76. The number of hydrogen-bond donors (Lipinski definition) is 0. The van der Waals surface area contributed by atoms with Crippen molar-refractivity contribution in [3.05, 3.63) is 46.6 Å². The van der Waals surface area contributed by atoms with Gasteiger partial charge < -0.3 is 9.64 Å². The molecule has 1 aromatic heterocycles. The minimum absolute atomic E-state index is 0.00876. The highest BCUT2D eigenvalue weighted by molar-refractivity contribution is 5.84. The van der Waals surface area contributed by atoms with Crippen LogP contribution in [0.2, 0.25) is 0 Å². The first-order valence-corrected chi connectivity index (χ1v) is 8.91. The van der Waals surface area contributed by atoms with Crippen LogP contribution in [-0.2, 0) is 16.6 Å². The maximum Gasteiger partial charge on any atom is 0.350 e. The zero-order valence-electron chi connectivity index (χ0n) is 15.8. The van der Waals surface area contributed by atoms with Crippen LogP contribution >= 0.6 is 0 Å². The van der Waals surface area contributed by atoms with E-state index in [1.807, 2.05) is 35.2 Å². The molecule has 1 amide bonds. The molecule has 26 heavy (non-hydrogen) atoms. The number of amides is 1. The topological polar surface area (TPSA) is 69.4 Å². The Labute approximate surface area is 153 Å². The van der Waals surface area contributed by atoms with Crippen LogP contribution in [0, 0.1) is 0 Å². The molecule has 1 saturated heterocycles. The van der Waals surface area contributed by atoms with E-state index in [0.29, 0.717) is 18.9 Å². The van der Waals surface area contributed by atoms with Crippen molar-refractivity contribution in [2.24, 2.45) is 7.05 Å². The minimum atomic E-state index is -0.856. The number of carbonyl (C=O) groups is 1. The Bertz CT molecular complexity index is 838. The molecule has 1 atom stereocenters. The number of methoxy groups -OCH3 is 1. The number of benzene rings is 1. The fourth-order valence-corrected chi connectivity index (χ4v) is 3.41. The van der Waals surface area contributed by atoms with Gasteiger partial charge in [0.05, 0.1) is 5.69 Å². The van der Waals surface area contributed by atoms with Crippen LogP contribution in [0.15, 0.2) is 35.1 Å². The standard InChI is InChI=1S/C19H26N4O3/c1-19(2,26-4)17(24)22-12-8-9-14(13-22)16-20-21(3)18(25)23(16)15-10-6-5-7-11-15/h5-7,10-11,14H,8-9,12-13H2,1-4H3/t14-/m0/s1. The predicted octanol–water partition coefficient (Wildman–Crippen LogP) is 1.70. The number of ether oxygens (including phenoxy) is 1. The minimum Gasteiger partial charge on any atom is -0.369 e. The Hall–Kier alpha value is -2.41. The van der Waals surface area contributed by atoms with E-state index in [9.17, 15) is 9.59 Å². The summed E-state index contributed by atoms with van der Waals surface area (Å²) in [6.45, 7) is 4.79. The monoisotopic (exact) mass is 358 g/mol. The fourth-order valence-electron chi connectivity index (χ4n) is 3.41. The molecular formula is C19H26N4O3. The highest BCUT2D eigenvalue weighted by Gasteiger charge is 2.36. The molecule has 0 unspecified atom stereocenters. The van der Waals surface area contributed by atoms with E-state index in [1.54, 1.807) is 32.6 Å². The molecule has 7 heteroatoms. The van der Waals surface area contributed by atoms with Crippen LogP contribution in [0.1, 0.15) is 38.4 Å². The Balaban J connectivity index is 1.94. The molecule has 1 fully saturated rings. The number of hydrogen-bond acceptors (Lipinski definition) is 4. The van der Waals surface area contributed by atoms with E-state index >= 15 is 0 Å². The molecule has 2 aromatic rings.